The number of thioether (sulfide) groups is 1. The van der Waals surface area contributed by atoms with E-state index in [1.807, 2.05) is 30.5 Å². The monoisotopic (exact) mass is 319 g/mol. The molecule has 0 spiro atoms. The van der Waals surface area contributed by atoms with Crippen molar-refractivity contribution < 1.29 is 9.53 Å². The highest BCUT2D eigenvalue weighted by Gasteiger charge is 2.22. The predicted octanol–water partition coefficient (Wildman–Crippen LogP) is 3.34. The highest BCUT2D eigenvalue weighted by Crippen LogP contribution is 2.25. The number of nitriles is 1. The molecule has 1 aromatic rings. The van der Waals surface area contributed by atoms with Gasteiger partial charge in [-0.3, -0.25) is 0 Å². The van der Waals surface area contributed by atoms with Gasteiger partial charge in [-0.05, 0) is 31.2 Å². The summed E-state index contributed by atoms with van der Waals surface area (Å²) in [5.74, 6) is 0. The van der Waals surface area contributed by atoms with Crippen LogP contribution in [0.15, 0.2) is 29.2 Å². The molecule has 1 fully saturated rings. The van der Waals surface area contributed by atoms with E-state index in [4.69, 9.17) is 10.00 Å². The molecule has 0 bridgehead atoms. The third-order valence-corrected chi connectivity index (χ3v) is 4.37. The Bertz CT molecular complexity index is 538. The second kappa shape index (κ2) is 8.66. The van der Waals surface area contributed by atoms with Crippen molar-refractivity contribution in [3.8, 4) is 6.07 Å². The van der Waals surface area contributed by atoms with Crippen molar-refractivity contribution in [2.75, 3.05) is 31.3 Å². The molecule has 22 heavy (non-hydrogen) atoms. The van der Waals surface area contributed by atoms with E-state index in [1.54, 1.807) is 16.7 Å². The molecule has 1 aromatic carbocycles. The first-order chi connectivity index (χ1) is 10.7. The van der Waals surface area contributed by atoms with Crippen molar-refractivity contribution in [1.82, 2.24) is 4.90 Å². The molecule has 6 heteroatoms. The Kier molecular flexibility index (Phi) is 6.56. The fourth-order valence-corrected chi connectivity index (χ4v) is 2.99. The van der Waals surface area contributed by atoms with E-state index in [1.165, 1.54) is 0 Å². The van der Waals surface area contributed by atoms with Gasteiger partial charge < -0.3 is 15.0 Å². The van der Waals surface area contributed by atoms with Gasteiger partial charge in [0.05, 0.1) is 24.3 Å². The third kappa shape index (κ3) is 4.65. The molecule has 0 radical (unpaired) electrons. The number of hydrogen-bond donors (Lipinski definition) is 1. The largest absolute Gasteiger partial charge is 0.376 e. The van der Waals surface area contributed by atoms with Crippen LogP contribution in [-0.4, -0.2) is 43.0 Å². The minimum absolute atomic E-state index is 0.0836. The number of nitrogens with zero attached hydrogens (tertiary/aromatic N) is 2. The van der Waals surface area contributed by atoms with E-state index in [-0.39, 0.29) is 12.1 Å². The molecule has 0 aromatic heterocycles. The van der Waals surface area contributed by atoms with Gasteiger partial charge in [0, 0.05) is 24.6 Å². The van der Waals surface area contributed by atoms with Gasteiger partial charge in [-0.25, -0.2) is 4.79 Å². The van der Waals surface area contributed by atoms with Crippen LogP contribution in [0, 0.1) is 11.3 Å². The molecule has 1 atom stereocenters. The van der Waals surface area contributed by atoms with Crippen molar-refractivity contribution >= 4 is 23.5 Å². The van der Waals surface area contributed by atoms with E-state index in [0.717, 1.165) is 30.0 Å². The van der Waals surface area contributed by atoms with Crippen LogP contribution < -0.4 is 5.32 Å². The lowest BCUT2D eigenvalue weighted by atomic mass is 10.2. The van der Waals surface area contributed by atoms with Gasteiger partial charge in [-0.15, -0.1) is 11.8 Å². The molecular formula is C16H21N3O2S. The van der Waals surface area contributed by atoms with Crippen molar-refractivity contribution in [1.29, 1.82) is 5.26 Å². The van der Waals surface area contributed by atoms with Crippen molar-refractivity contribution in [2.45, 2.75) is 30.3 Å². The van der Waals surface area contributed by atoms with Crippen LogP contribution in [0.25, 0.3) is 0 Å². The van der Waals surface area contributed by atoms with Crippen LogP contribution in [0.5, 0.6) is 0 Å². The second-order valence-electron chi connectivity index (χ2n) is 5.12. The summed E-state index contributed by atoms with van der Waals surface area (Å²) in [5, 5.41) is 11.7. The summed E-state index contributed by atoms with van der Waals surface area (Å²) in [4.78, 5) is 15.2. The Hall–Kier alpha value is -1.71. The van der Waals surface area contributed by atoms with Gasteiger partial charge in [0.1, 0.15) is 0 Å². The fourth-order valence-electron chi connectivity index (χ4n) is 2.44. The normalized spacial score (nSPS) is 17.0. The van der Waals surface area contributed by atoms with E-state index < -0.39 is 0 Å². The van der Waals surface area contributed by atoms with Gasteiger partial charge in [-0.1, -0.05) is 12.1 Å². The zero-order chi connectivity index (χ0) is 15.8. The zero-order valence-electron chi connectivity index (χ0n) is 12.7. The zero-order valence-corrected chi connectivity index (χ0v) is 13.6. The molecular weight excluding hydrogens is 298 g/mol. The Morgan fingerprint density at radius 2 is 2.36 bits per heavy atom. The number of anilines is 1. The van der Waals surface area contributed by atoms with E-state index in [0.29, 0.717) is 19.5 Å². The molecule has 1 N–H and O–H groups in total. The number of nitrogens with one attached hydrogen (secondary N) is 1. The SMILES string of the molecule is CSc1ccccc1NC(=O)N(CCC#N)CC1CCCO1. The Morgan fingerprint density at radius 1 is 1.55 bits per heavy atom. The Labute approximate surface area is 135 Å². The summed E-state index contributed by atoms with van der Waals surface area (Å²) in [7, 11) is 0. The molecule has 1 aliphatic heterocycles. The molecule has 2 amide bonds. The van der Waals surface area contributed by atoms with Gasteiger partial charge in [0.15, 0.2) is 0 Å². The molecule has 5 nitrogen and oxygen atoms in total. The van der Waals surface area contributed by atoms with Crippen LogP contribution in [0.4, 0.5) is 10.5 Å². The number of carbonyl (C=O) groups excluding carboxylic acids is 1. The van der Waals surface area contributed by atoms with Gasteiger partial charge >= 0.3 is 6.03 Å². The average molecular weight is 319 g/mol. The highest BCUT2D eigenvalue weighted by molar-refractivity contribution is 7.98. The van der Waals surface area contributed by atoms with E-state index in [2.05, 4.69) is 11.4 Å². The first kappa shape index (κ1) is 16.7. The smallest absolute Gasteiger partial charge is 0.321 e. The standard InChI is InChI=1S/C16H21N3O2S/c1-22-15-8-3-2-7-14(15)18-16(20)19(10-5-9-17)12-13-6-4-11-21-13/h2-3,7-8,13H,4-6,10-12H2,1H3,(H,18,20). The van der Waals surface area contributed by atoms with Crippen molar-refractivity contribution in [3.63, 3.8) is 0 Å². The van der Waals surface area contributed by atoms with Crippen LogP contribution in [0.2, 0.25) is 0 Å². The van der Waals surface area contributed by atoms with Crippen molar-refractivity contribution in [3.05, 3.63) is 24.3 Å². The molecule has 1 saturated heterocycles. The van der Waals surface area contributed by atoms with Gasteiger partial charge in [-0.2, -0.15) is 5.26 Å². The summed E-state index contributed by atoms with van der Waals surface area (Å²) in [6.45, 7) is 1.71. The number of carbonyl (C=O) groups is 1. The molecule has 118 valence electrons. The summed E-state index contributed by atoms with van der Waals surface area (Å²) in [6.07, 6.45) is 4.39. The van der Waals surface area contributed by atoms with E-state index in [9.17, 15) is 4.79 Å². The van der Waals surface area contributed by atoms with Gasteiger partial charge in [0.25, 0.3) is 0 Å². The summed E-state index contributed by atoms with van der Waals surface area (Å²) < 4.78 is 5.60. The van der Waals surface area contributed by atoms with Crippen molar-refractivity contribution in [2.24, 2.45) is 0 Å². The lowest BCUT2D eigenvalue weighted by Gasteiger charge is -2.25. The lowest BCUT2D eigenvalue weighted by Crippen LogP contribution is -2.40. The van der Waals surface area contributed by atoms with Crippen LogP contribution >= 0.6 is 11.8 Å². The van der Waals surface area contributed by atoms with Crippen LogP contribution in [0.1, 0.15) is 19.3 Å². The number of benzene rings is 1. The lowest BCUT2D eigenvalue weighted by molar-refractivity contribution is 0.0841. The first-order valence-electron chi connectivity index (χ1n) is 7.42. The third-order valence-electron chi connectivity index (χ3n) is 3.58. The maximum absolute atomic E-state index is 12.5. The maximum atomic E-state index is 12.5. The number of urea groups is 1. The van der Waals surface area contributed by atoms with E-state index >= 15 is 0 Å². The molecule has 0 aliphatic carbocycles. The number of rotatable bonds is 6. The summed E-state index contributed by atoms with van der Waals surface area (Å²) in [6, 6.07) is 9.63. The number of para-hydroxylation sites is 1. The molecule has 1 heterocycles. The quantitative estimate of drug-likeness (QED) is 0.817. The minimum atomic E-state index is -0.174. The van der Waals surface area contributed by atoms with Gasteiger partial charge in [0.2, 0.25) is 0 Å². The predicted molar refractivity (Wildman–Crippen MR) is 88.0 cm³/mol. The summed E-state index contributed by atoms with van der Waals surface area (Å²) in [5.41, 5.74) is 0.800. The number of amides is 2. The number of ether oxygens (including phenoxy) is 1. The van der Waals surface area contributed by atoms with Crippen LogP contribution in [0.3, 0.4) is 0 Å². The maximum Gasteiger partial charge on any atom is 0.321 e. The highest BCUT2D eigenvalue weighted by atomic mass is 32.2. The second-order valence-corrected chi connectivity index (χ2v) is 5.97. The Morgan fingerprint density at radius 3 is 3.05 bits per heavy atom. The topological polar surface area (TPSA) is 65.4 Å². The molecule has 0 saturated carbocycles. The fraction of sp³-hybridized carbons (Fsp3) is 0.500. The molecule has 1 aliphatic rings. The average Bonchev–Trinajstić information content (AvgIpc) is 3.05. The molecule has 2 rings (SSSR count). The van der Waals surface area contributed by atoms with Crippen LogP contribution in [-0.2, 0) is 4.74 Å². The minimum Gasteiger partial charge on any atom is -0.376 e. The first-order valence-corrected chi connectivity index (χ1v) is 8.64. The number of hydrogen-bond acceptors (Lipinski definition) is 4. The Balaban J connectivity index is 2.02. The molecule has 1 unspecified atom stereocenters. The summed E-state index contributed by atoms with van der Waals surface area (Å²) >= 11 is 1.59.